The summed E-state index contributed by atoms with van der Waals surface area (Å²) in [5.41, 5.74) is 0.00818. The summed E-state index contributed by atoms with van der Waals surface area (Å²) in [7, 11) is 1.68. The number of carboxylic acid groups (broad SMARTS) is 1. The molecule has 0 unspecified atom stereocenters. The molecule has 2 N–H and O–H groups in total. The molecule has 1 amide bonds. The minimum absolute atomic E-state index is 0.111. The minimum atomic E-state index is -0.861. The third-order valence-corrected chi connectivity index (χ3v) is 4.00. The molecule has 0 spiro atoms. The van der Waals surface area contributed by atoms with E-state index < -0.39 is 11.4 Å². The van der Waals surface area contributed by atoms with Crippen LogP contribution in [0, 0.1) is 5.41 Å². The van der Waals surface area contributed by atoms with Crippen molar-refractivity contribution in [1.29, 1.82) is 0 Å². The molecule has 6 nitrogen and oxygen atoms in total. The van der Waals surface area contributed by atoms with Gasteiger partial charge in [0.1, 0.15) is 5.69 Å². The molecule has 6 heteroatoms. The van der Waals surface area contributed by atoms with Crippen molar-refractivity contribution in [3.63, 3.8) is 0 Å². The first-order valence-corrected chi connectivity index (χ1v) is 6.55. The Kier molecular flexibility index (Phi) is 3.65. The van der Waals surface area contributed by atoms with Crippen molar-refractivity contribution in [2.75, 3.05) is 6.54 Å². The molecule has 1 aromatic heterocycles. The third kappa shape index (κ3) is 2.45. The van der Waals surface area contributed by atoms with Crippen LogP contribution in [0.1, 0.15) is 47.0 Å². The first kappa shape index (κ1) is 14.3. The van der Waals surface area contributed by atoms with Crippen LogP contribution in [-0.2, 0) is 11.8 Å². The van der Waals surface area contributed by atoms with Crippen molar-refractivity contribution in [1.82, 2.24) is 9.88 Å². The van der Waals surface area contributed by atoms with E-state index in [9.17, 15) is 19.5 Å². The van der Waals surface area contributed by atoms with Crippen LogP contribution in [0.4, 0.5) is 0 Å². The molecule has 0 atom stereocenters. The standard InChI is InChI=1S/C14H18N2O4/c1-9(17)10-6-11(16(2)7-10)12(18)15-8-14(13(19)20)4-3-5-14/h6-7H,3-5,8H2,1-2H3,(H,15,18)(H,19,20). The van der Waals surface area contributed by atoms with Crippen molar-refractivity contribution in [3.05, 3.63) is 23.5 Å². The Morgan fingerprint density at radius 2 is 2.05 bits per heavy atom. The second-order valence-electron chi connectivity index (χ2n) is 5.40. The van der Waals surface area contributed by atoms with Crippen LogP contribution in [0.25, 0.3) is 0 Å². The number of nitrogens with zero attached hydrogens (tertiary/aromatic N) is 1. The van der Waals surface area contributed by atoms with Crippen molar-refractivity contribution in [2.45, 2.75) is 26.2 Å². The number of carbonyl (C=O) groups excluding carboxylic acids is 2. The number of carboxylic acids is 1. The highest BCUT2D eigenvalue weighted by Gasteiger charge is 2.44. The Morgan fingerprint density at radius 3 is 2.45 bits per heavy atom. The Balaban J connectivity index is 2.05. The van der Waals surface area contributed by atoms with E-state index in [0.29, 0.717) is 24.1 Å². The highest BCUT2D eigenvalue weighted by molar-refractivity contribution is 5.99. The van der Waals surface area contributed by atoms with Gasteiger partial charge in [0.15, 0.2) is 5.78 Å². The predicted molar refractivity (Wildman–Crippen MR) is 71.7 cm³/mol. The molecule has 1 aromatic rings. The first-order valence-electron chi connectivity index (χ1n) is 6.55. The van der Waals surface area contributed by atoms with Gasteiger partial charge >= 0.3 is 5.97 Å². The molecule has 1 fully saturated rings. The summed E-state index contributed by atoms with van der Waals surface area (Å²) < 4.78 is 1.57. The van der Waals surface area contributed by atoms with E-state index in [-0.39, 0.29) is 18.2 Å². The molecule has 108 valence electrons. The highest BCUT2D eigenvalue weighted by atomic mass is 16.4. The van der Waals surface area contributed by atoms with Crippen LogP contribution in [0.3, 0.4) is 0 Å². The lowest BCUT2D eigenvalue weighted by Crippen LogP contribution is -2.47. The van der Waals surface area contributed by atoms with Crippen LogP contribution in [0.5, 0.6) is 0 Å². The summed E-state index contributed by atoms with van der Waals surface area (Å²) in [4.78, 5) is 34.6. The monoisotopic (exact) mass is 278 g/mol. The zero-order chi connectivity index (χ0) is 14.9. The molecule has 0 bridgehead atoms. The molecular formula is C14H18N2O4. The number of carbonyl (C=O) groups is 3. The molecule has 0 radical (unpaired) electrons. The molecule has 0 aromatic carbocycles. The number of amides is 1. The van der Waals surface area contributed by atoms with E-state index in [1.54, 1.807) is 17.8 Å². The lowest BCUT2D eigenvalue weighted by Gasteiger charge is -2.37. The average molecular weight is 278 g/mol. The van der Waals surface area contributed by atoms with Gasteiger partial charge in [-0.25, -0.2) is 0 Å². The minimum Gasteiger partial charge on any atom is -0.481 e. The second kappa shape index (κ2) is 5.11. The van der Waals surface area contributed by atoms with Crippen LogP contribution in [0.2, 0.25) is 0 Å². The van der Waals surface area contributed by atoms with Gasteiger partial charge in [0.2, 0.25) is 0 Å². The van der Waals surface area contributed by atoms with Crippen LogP contribution in [-0.4, -0.2) is 33.9 Å². The zero-order valence-corrected chi connectivity index (χ0v) is 11.6. The highest BCUT2D eigenvalue weighted by Crippen LogP contribution is 2.40. The summed E-state index contributed by atoms with van der Waals surface area (Å²) in [6.07, 6.45) is 3.65. The van der Waals surface area contributed by atoms with Gasteiger partial charge in [-0.3, -0.25) is 14.4 Å². The van der Waals surface area contributed by atoms with Crippen molar-refractivity contribution >= 4 is 17.7 Å². The zero-order valence-electron chi connectivity index (χ0n) is 11.6. The molecule has 0 saturated heterocycles. The van der Waals surface area contributed by atoms with Gasteiger partial charge in [0, 0.05) is 25.4 Å². The van der Waals surface area contributed by atoms with E-state index >= 15 is 0 Å². The topological polar surface area (TPSA) is 88.4 Å². The number of aromatic nitrogens is 1. The maximum absolute atomic E-state index is 12.1. The smallest absolute Gasteiger partial charge is 0.311 e. The quantitative estimate of drug-likeness (QED) is 0.792. The van der Waals surface area contributed by atoms with E-state index in [0.717, 1.165) is 6.42 Å². The second-order valence-corrected chi connectivity index (χ2v) is 5.40. The number of Topliss-reactive ketones (excluding diaryl/α,β-unsaturated/α-hetero) is 1. The number of hydrogen-bond acceptors (Lipinski definition) is 3. The van der Waals surface area contributed by atoms with Gasteiger partial charge in [-0.05, 0) is 25.8 Å². The Bertz CT molecular complexity index is 570. The molecule has 0 aliphatic heterocycles. The summed E-state index contributed by atoms with van der Waals surface area (Å²) in [5, 5.41) is 11.9. The molecule has 1 aliphatic rings. The van der Waals surface area contributed by atoms with E-state index in [2.05, 4.69) is 5.32 Å². The largest absolute Gasteiger partial charge is 0.481 e. The molecule has 1 heterocycles. The summed E-state index contributed by atoms with van der Waals surface area (Å²) in [6, 6.07) is 1.52. The summed E-state index contributed by atoms with van der Waals surface area (Å²) >= 11 is 0. The fourth-order valence-electron chi connectivity index (χ4n) is 2.39. The number of nitrogens with one attached hydrogen (secondary N) is 1. The van der Waals surface area contributed by atoms with Gasteiger partial charge in [-0.2, -0.15) is 0 Å². The average Bonchev–Trinajstić information content (AvgIpc) is 2.69. The van der Waals surface area contributed by atoms with Crippen LogP contribution < -0.4 is 5.32 Å². The van der Waals surface area contributed by atoms with E-state index in [4.69, 9.17) is 0 Å². The fraction of sp³-hybridized carbons (Fsp3) is 0.500. The molecule has 1 aliphatic carbocycles. The maximum atomic E-state index is 12.1. The summed E-state index contributed by atoms with van der Waals surface area (Å²) in [5.74, 6) is -1.33. The normalized spacial score (nSPS) is 16.3. The number of aliphatic carboxylic acids is 1. The third-order valence-electron chi connectivity index (χ3n) is 4.00. The van der Waals surface area contributed by atoms with Gasteiger partial charge in [-0.1, -0.05) is 6.42 Å². The van der Waals surface area contributed by atoms with Crippen molar-refractivity contribution in [2.24, 2.45) is 12.5 Å². The lowest BCUT2D eigenvalue weighted by molar-refractivity contribution is -0.153. The van der Waals surface area contributed by atoms with Gasteiger partial charge in [0.05, 0.1) is 5.41 Å². The first-order chi connectivity index (χ1) is 9.35. The summed E-state index contributed by atoms with van der Waals surface area (Å²) in [6.45, 7) is 1.56. The lowest BCUT2D eigenvalue weighted by atomic mass is 9.69. The Hall–Kier alpha value is -2.11. The van der Waals surface area contributed by atoms with Crippen LogP contribution >= 0.6 is 0 Å². The van der Waals surface area contributed by atoms with Crippen molar-refractivity contribution in [3.8, 4) is 0 Å². The molecule has 1 saturated carbocycles. The Morgan fingerprint density at radius 1 is 1.40 bits per heavy atom. The van der Waals surface area contributed by atoms with E-state index in [1.807, 2.05) is 0 Å². The van der Waals surface area contributed by atoms with Gasteiger partial charge < -0.3 is 15.0 Å². The molecular weight excluding hydrogens is 260 g/mol. The number of aryl methyl sites for hydroxylation is 1. The van der Waals surface area contributed by atoms with Crippen LogP contribution in [0.15, 0.2) is 12.3 Å². The number of hydrogen-bond donors (Lipinski definition) is 2. The number of rotatable bonds is 5. The van der Waals surface area contributed by atoms with Gasteiger partial charge in [-0.15, -0.1) is 0 Å². The fourth-order valence-corrected chi connectivity index (χ4v) is 2.39. The SMILES string of the molecule is CC(=O)c1cc(C(=O)NCC2(C(=O)O)CCC2)n(C)c1. The molecule has 2 rings (SSSR count). The van der Waals surface area contributed by atoms with E-state index in [1.165, 1.54) is 13.0 Å². The van der Waals surface area contributed by atoms with Crippen molar-refractivity contribution < 1.29 is 19.5 Å². The molecule has 20 heavy (non-hydrogen) atoms. The Labute approximate surface area is 116 Å². The predicted octanol–water partition coefficient (Wildman–Crippen LogP) is 1.21. The maximum Gasteiger partial charge on any atom is 0.311 e. The van der Waals surface area contributed by atoms with Gasteiger partial charge in [0.25, 0.3) is 5.91 Å². The number of ketones is 1.